The molecule has 1 fully saturated rings. The summed E-state index contributed by atoms with van der Waals surface area (Å²) in [5, 5.41) is 13.1. The third-order valence-corrected chi connectivity index (χ3v) is 7.73. The summed E-state index contributed by atoms with van der Waals surface area (Å²) in [6.45, 7) is 0.427. The minimum atomic E-state index is -0.876. The van der Waals surface area contributed by atoms with Gasteiger partial charge in [0.25, 0.3) is 17.5 Å². The second-order valence-electron chi connectivity index (χ2n) is 9.61. The molecule has 0 saturated carbocycles. The number of barbiturate groups is 1. The molecule has 0 unspecified atom stereocenters. The Labute approximate surface area is 273 Å². The van der Waals surface area contributed by atoms with Crippen LogP contribution in [0.1, 0.15) is 16.7 Å². The first-order valence-corrected chi connectivity index (χ1v) is 14.8. The molecule has 4 amide bonds. The number of carbonyl (C=O) groups excluding carboxylic acids is 3. The molecule has 0 radical (unpaired) electrons. The lowest BCUT2D eigenvalue weighted by Crippen LogP contribution is -2.54. The van der Waals surface area contributed by atoms with Crippen LogP contribution in [0.25, 0.3) is 6.08 Å². The first-order chi connectivity index (χ1) is 21.6. The van der Waals surface area contributed by atoms with E-state index in [1.807, 2.05) is 24.3 Å². The number of hydrogen-bond donors (Lipinski definition) is 1. The number of amides is 4. The van der Waals surface area contributed by atoms with E-state index in [0.29, 0.717) is 39.5 Å². The van der Waals surface area contributed by atoms with E-state index >= 15 is 0 Å². The van der Waals surface area contributed by atoms with Crippen LogP contribution in [0.3, 0.4) is 0 Å². The van der Waals surface area contributed by atoms with Gasteiger partial charge in [0.1, 0.15) is 24.5 Å². The minimum absolute atomic E-state index is 0.0323. The molecule has 1 aliphatic rings. The van der Waals surface area contributed by atoms with Gasteiger partial charge in [-0.2, -0.15) is 0 Å². The lowest BCUT2D eigenvalue weighted by molar-refractivity contribution is -0.384. The van der Waals surface area contributed by atoms with E-state index in [1.165, 1.54) is 25.3 Å². The summed E-state index contributed by atoms with van der Waals surface area (Å²) in [6.07, 6.45) is 1.35. The van der Waals surface area contributed by atoms with Gasteiger partial charge in [0, 0.05) is 16.6 Å². The van der Waals surface area contributed by atoms with Gasteiger partial charge in [0.05, 0.1) is 22.2 Å². The number of nitro groups is 1. The van der Waals surface area contributed by atoms with E-state index in [-0.39, 0.29) is 23.6 Å². The van der Waals surface area contributed by atoms with Gasteiger partial charge in [-0.1, -0.05) is 28.1 Å². The van der Waals surface area contributed by atoms with Crippen LogP contribution in [-0.4, -0.2) is 29.9 Å². The predicted molar refractivity (Wildman–Crippen MR) is 172 cm³/mol. The molecule has 5 rings (SSSR count). The number of halogens is 2. The number of hydrogen-bond acceptors (Lipinski definition) is 8. The Morgan fingerprint density at radius 2 is 1.49 bits per heavy atom. The van der Waals surface area contributed by atoms with Crippen molar-refractivity contribution in [3.8, 4) is 17.2 Å². The molecule has 4 aromatic carbocycles. The number of non-ortho nitro benzene ring substituents is 1. The maximum atomic E-state index is 13.4. The fourth-order valence-corrected chi connectivity index (χ4v) is 5.17. The second kappa shape index (κ2) is 13.7. The van der Waals surface area contributed by atoms with Gasteiger partial charge in [0.2, 0.25) is 0 Å². The van der Waals surface area contributed by atoms with E-state index < -0.39 is 22.8 Å². The number of nitro benzene ring substituents is 1. The smallest absolute Gasteiger partial charge is 0.335 e. The van der Waals surface area contributed by atoms with Crippen molar-refractivity contribution in [1.82, 2.24) is 5.32 Å². The van der Waals surface area contributed by atoms with Gasteiger partial charge < -0.3 is 14.2 Å². The molecule has 1 aliphatic heterocycles. The fourth-order valence-electron chi connectivity index (χ4n) is 4.33. The van der Waals surface area contributed by atoms with Gasteiger partial charge >= 0.3 is 6.03 Å². The molecule has 0 aliphatic carbocycles. The monoisotopic (exact) mass is 735 g/mol. The van der Waals surface area contributed by atoms with Crippen LogP contribution in [0.2, 0.25) is 0 Å². The van der Waals surface area contributed by atoms with Crippen LogP contribution in [0.4, 0.5) is 16.2 Å². The molecule has 45 heavy (non-hydrogen) atoms. The molecular formula is C32H23Br2N3O8. The Bertz CT molecular complexity index is 1810. The molecule has 11 nitrogen and oxygen atoms in total. The van der Waals surface area contributed by atoms with Crippen molar-refractivity contribution in [2.75, 3.05) is 12.0 Å². The molecule has 13 heteroatoms. The lowest BCUT2D eigenvalue weighted by Gasteiger charge is -2.26. The second-order valence-corrected chi connectivity index (χ2v) is 11.4. The van der Waals surface area contributed by atoms with E-state index in [2.05, 4.69) is 37.2 Å². The maximum Gasteiger partial charge on any atom is 0.335 e. The normalized spacial score (nSPS) is 13.9. The van der Waals surface area contributed by atoms with Gasteiger partial charge in [-0.05, 0) is 99.4 Å². The highest BCUT2D eigenvalue weighted by molar-refractivity contribution is 9.10. The van der Waals surface area contributed by atoms with E-state index in [4.69, 9.17) is 14.2 Å². The number of rotatable bonds is 10. The highest BCUT2D eigenvalue weighted by Crippen LogP contribution is 2.38. The standard InChI is InChI=1S/C32H23Br2N3O8/c1-43-28-16-21(15-27(34)29(28)45-18-20-4-8-24(9-5-20)37(41)42)14-26-30(38)35-32(40)36(31(26)39)23-10-12-25(13-11-23)44-17-19-2-6-22(33)7-3-19/h2-16H,17-18H2,1H3,(H,35,38,40)/b26-14+. The van der Waals surface area contributed by atoms with Crippen LogP contribution < -0.4 is 24.4 Å². The Morgan fingerprint density at radius 1 is 0.867 bits per heavy atom. The first kappa shape index (κ1) is 31.4. The zero-order chi connectivity index (χ0) is 32.1. The number of nitrogens with one attached hydrogen (secondary N) is 1. The van der Waals surface area contributed by atoms with Crippen molar-refractivity contribution in [2.24, 2.45) is 0 Å². The molecule has 1 heterocycles. The topological polar surface area (TPSA) is 137 Å². The molecule has 0 atom stereocenters. The molecule has 228 valence electrons. The highest BCUT2D eigenvalue weighted by atomic mass is 79.9. The number of ether oxygens (including phenoxy) is 3. The third kappa shape index (κ3) is 7.39. The fraction of sp³-hybridized carbons (Fsp3) is 0.0938. The SMILES string of the molecule is COc1cc(/C=C2\C(=O)NC(=O)N(c3ccc(OCc4ccc(Br)cc4)cc3)C2=O)cc(Br)c1OCc1ccc([N+](=O)[O-])cc1. The van der Waals surface area contributed by atoms with Crippen molar-refractivity contribution in [3.05, 3.63) is 126 Å². The number of nitrogens with zero attached hydrogens (tertiary/aromatic N) is 2. The summed E-state index contributed by atoms with van der Waals surface area (Å²) in [5.41, 5.74) is 2.04. The molecule has 0 spiro atoms. The summed E-state index contributed by atoms with van der Waals surface area (Å²) in [7, 11) is 1.43. The number of benzene rings is 4. The summed E-state index contributed by atoms with van der Waals surface area (Å²) in [6, 6.07) is 22.3. The van der Waals surface area contributed by atoms with Crippen molar-refractivity contribution in [1.29, 1.82) is 0 Å². The Hall–Kier alpha value is -5.01. The largest absolute Gasteiger partial charge is 0.493 e. The van der Waals surface area contributed by atoms with Crippen molar-refractivity contribution in [2.45, 2.75) is 13.2 Å². The number of carbonyl (C=O) groups is 3. The minimum Gasteiger partial charge on any atom is -0.493 e. The highest BCUT2D eigenvalue weighted by Gasteiger charge is 2.37. The molecule has 1 saturated heterocycles. The van der Waals surface area contributed by atoms with Crippen LogP contribution in [0.15, 0.2) is 99.4 Å². The van der Waals surface area contributed by atoms with Gasteiger partial charge in [-0.25, -0.2) is 9.69 Å². The van der Waals surface area contributed by atoms with Crippen LogP contribution in [0.5, 0.6) is 17.2 Å². The number of methoxy groups -OCH3 is 1. The predicted octanol–water partition coefficient (Wildman–Crippen LogP) is 6.95. The van der Waals surface area contributed by atoms with Gasteiger partial charge in [0.15, 0.2) is 11.5 Å². The molecule has 1 N–H and O–H groups in total. The summed E-state index contributed by atoms with van der Waals surface area (Å²) in [5.74, 6) is -0.471. The van der Waals surface area contributed by atoms with Crippen molar-refractivity contribution in [3.63, 3.8) is 0 Å². The van der Waals surface area contributed by atoms with Crippen LogP contribution in [0, 0.1) is 10.1 Å². The molecule has 0 bridgehead atoms. The molecule has 0 aromatic heterocycles. The van der Waals surface area contributed by atoms with Crippen LogP contribution >= 0.6 is 31.9 Å². The Balaban J connectivity index is 1.32. The average Bonchev–Trinajstić information content (AvgIpc) is 3.02. The average molecular weight is 737 g/mol. The summed E-state index contributed by atoms with van der Waals surface area (Å²) in [4.78, 5) is 50.2. The van der Waals surface area contributed by atoms with Crippen molar-refractivity contribution >= 4 is 67.2 Å². The van der Waals surface area contributed by atoms with E-state index in [0.717, 1.165) is 14.9 Å². The summed E-state index contributed by atoms with van der Waals surface area (Å²) >= 11 is 6.84. The maximum absolute atomic E-state index is 13.4. The van der Waals surface area contributed by atoms with Crippen LogP contribution in [-0.2, 0) is 22.8 Å². The van der Waals surface area contributed by atoms with Gasteiger partial charge in [-0.15, -0.1) is 0 Å². The van der Waals surface area contributed by atoms with Crippen molar-refractivity contribution < 1.29 is 33.5 Å². The van der Waals surface area contributed by atoms with E-state index in [9.17, 15) is 24.5 Å². The first-order valence-electron chi connectivity index (χ1n) is 13.3. The summed E-state index contributed by atoms with van der Waals surface area (Å²) < 4.78 is 18.6. The quantitative estimate of drug-likeness (QED) is 0.0799. The Morgan fingerprint density at radius 3 is 2.11 bits per heavy atom. The zero-order valence-corrected chi connectivity index (χ0v) is 26.7. The van der Waals surface area contributed by atoms with Gasteiger partial charge in [-0.3, -0.25) is 25.0 Å². The van der Waals surface area contributed by atoms with E-state index in [1.54, 1.807) is 48.5 Å². The number of anilines is 1. The molecule has 4 aromatic rings. The Kier molecular flexibility index (Phi) is 9.59. The molecular weight excluding hydrogens is 714 g/mol. The third-order valence-electron chi connectivity index (χ3n) is 6.61. The zero-order valence-electron chi connectivity index (χ0n) is 23.5. The number of imide groups is 2. The lowest BCUT2D eigenvalue weighted by atomic mass is 10.1. The number of urea groups is 1.